The Morgan fingerprint density at radius 2 is 1.00 bits per heavy atom. The lowest BCUT2D eigenvalue weighted by molar-refractivity contribution is 0.0346. The van der Waals surface area contributed by atoms with E-state index in [9.17, 15) is 15.3 Å². The molecule has 0 aliphatic heterocycles. The third kappa shape index (κ3) is 7.46. The van der Waals surface area contributed by atoms with Crippen LogP contribution in [0.1, 0.15) is 38.5 Å². The summed E-state index contributed by atoms with van der Waals surface area (Å²) in [5, 5.41) is 42.8. The van der Waals surface area contributed by atoms with Gasteiger partial charge in [-0.2, -0.15) is 0 Å². The summed E-state index contributed by atoms with van der Waals surface area (Å²) in [4.78, 5) is 0. The van der Waals surface area contributed by atoms with Gasteiger partial charge in [0.25, 0.3) is 0 Å². The van der Waals surface area contributed by atoms with E-state index in [-0.39, 0.29) is 19.1 Å². The van der Waals surface area contributed by atoms with E-state index >= 15 is 0 Å². The summed E-state index contributed by atoms with van der Waals surface area (Å²) < 4.78 is 0. The van der Waals surface area contributed by atoms with Crippen LogP contribution in [0.15, 0.2) is 91.0 Å². The topological polar surface area (TPSA) is 80.9 Å². The smallest absolute Gasteiger partial charge is 0.112 e. The van der Waals surface area contributed by atoms with Crippen LogP contribution in [0.3, 0.4) is 0 Å². The first kappa shape index (κ1) is 27.5. The predicted molar refractivity (Wildman–Crippen MR) is 147 cm³/mol. The summed E-state index contributed by atoms with van der Waals surface area (Å²) in [6.07, 6.45) is 4.33. The summed E-state index contributed by atoms with van der Waals surface area (Å²) in [5.41, 5.74) is 0. The largest absolute Gasteiger partial charge is 0.394 e. The first-order valence-corrected chi connectivity index (χ1v) is 14.7. The lowest BCUT2D eigenvalue weighted by Crippen LogP contribution is -2.33. The zero-order valence-electron chi connectivity index (χ0n) is 20.5. The van der Waals surface area contributed by atoms with Crippen molar-refractivity contribution in [1.29, 1.82) is 0 Å². The zero-order chi connectivity index (χ0) is 24.9. The summed E-state index contributed by atoms with van der Waals surface area (Å²) in [6, 6.07) is 32.6. The molecule has 0 saturated carbocycles. The highest BCUT2D eigenvalue weighted by Gasteiger charge is 2.44. The van der Waals surface area contributed by atoms with Gasteiger partial charge in [0.15, 0.2) is 0 Å². The Labute approximate surface area is 210 Å². The Hall–Kier alpha value is -2.07. The number of aliphatic hydroxyl groups is 4. The third-order valence-electron chi connectivity index (χ3n) is 6.96. The van der Waals surface area contributed by atoms with E-state index < -0.39 is 19.5 Å². The highest BCUT2D eigenvalue weighted by Crippen LogP contribution is 2.56. The van der Waals surface area contributed by atoms with Crippen molar-refractivity contribution in [3.8, 4) is 0 Å². The van der Waals surface area contributed by atoms with E-state index in [1.165, 1.54) is 15.9 Å². The maximum absolute atomic E-state index is 10.4. The Morgan fingerprint density at radius 3 is 1.43 bits per heavy atom. The molecule has 4 nitrogen and oxygen atoms in total. The maximum atomic E-state index is 10.4. The number of aliphatic hydroxyl groups excluding tert-OH is 4. The van der Waals surface area contributed by atoms with Crippen LogP contribution in [-0.2, 0) is 0 Å². The Kier molecular flexibility index (Phi) is 11.4. The molecule has 3 atom stereocenters. The molecule has 3 aromatic rings. The predicted octanol–water partition coefficient (Wildman–Crippen LogP) is 3.64. The second kappa shape index (κ2) is 14.5. The van der Waals surface area contributed by atoms with Crippen molar-refractivity contribution in [3.63, 3.8) is 0 Å². The molecule has 5 heteroatoms. The minimum Gasteiger partial charge on any atom is -0.394 e. The minimum atomic E-state index is -1.85. The second-order valence-corrected chi connectivity index (χ2v) is 12.9. The summed E-state index contributed by atoms with van der Waals surface area (Å²) in [7, 11) is -1.85. The van der Waals surface area contributed by atoms with Crippen LogP contribution in [0.2, 0.25) is 0 Å². The van der Waals surface area contributed by atoms with Crippen LogP contribution < -0.4 is 15.9 Å². The standard InChI is InChI=1S/C30H40O4P/c31-23-26(33)15-12-14-25(30(34)24-32)13-10-11-22-35(27-16-4-1-5-17-27,28-18-6-2-7-19-28)29-20-8-3-9-21-29/h1-9,16-21,25-26,30-34H,10-15,22-24H2/q+1. The van der Waals surface area contributed by atoms with Gasteiger partial charge in [0.05, 0.1) is 31.6 Å². The number of benzene rings is 3. The van der Waals surface area contributed by atoms with Crippen LogP contribution in [-0.4, -0.2) is 52.0 Å². The van der Waals surface area contributed by atoms with E-state index in [4.69, 9.17) is 5.11 Å². The van der Waals surface area contributed by atoms with Gasteiger partial charge in [-0.15, -0.1) is 0 Å². The molecule has 3 aromatic carbocycles. The van der Waals surface area contributed by atoms with Crippen molar-refractivity contribution >= 4 is 23.2 Å². The van der Waals surface area contributed by atoms with E-state index in [0.29, 0.717) is 6.42 Å². The van der Waals surface area contributed by atoms with Gasteiger partial charge in [0.2, 0.25) is 0 Å². The molecule has 0 aliphatic rings. The maximum Gasteiger partial charge on any atom is 0.112 e. The summed E-state index contributed by atoms with van der Waals surface area (Å²) >= 11 is 0. The average molecular weight is 496 g/mol. The van der Waals surface area contributed by atoms with Crippen molar-refractivity contribution in [2.45, 2.75) is 50.7 Å². The molecule has 35 heavy (non-hydrogen) atoms. The van der Waals surface area contributed by atoms with Crippen molar-refractivity contribution < 1.29 is 20.4 Å². The molecule has 0 heterocycles. The molecule has 188 valence electrons. The summed E-state index contributed by atoms with van der Waals surface area (Å²) in [5.74, 6) is -0.0104. The minimum absolute atomic E-state index is 0.0104. The van der Waals surface area contributed by atoms with Crippen molar-refractivity contribution in [2.24, 2.45) is 5.92 Å². The van der Waals surface area contributed by atoms with Crippen LogP contribution in [0.5, 0.6) is 0 Å². The fourth-order valence-electron chi connectivity index (χ4n) is 5.02. The molecule has 0 saturated heterocycles. The van der Waals surface area contributed by atoms with Crippen LogP contribution in [0, 0.1) is 5.92 Å². The molecular formula is C30H40O4P+. The molecule has 0 bridgehead atoms. The van der Waals surface area contributed by atoms with Crippen molar-refractivity contribution in [3.05, 3.63) is 91.0 Å². The molecule has 0 spiro atoms. The fraction of sp³-hybridized carbons (Fsp3) is 0.400. The number of unbranched alkanes of at least 4 members (excludes halogenated alkanes) is 1. The van der Waals surface area contributed by atoms with Crippen molar-refractivity contribution in [1.82, 2.24) is 0 Å². The number of hydrogen-bond donors (Lipinski definition) is 4. The normalized spacial score (nSPS) is 14.4. The Balaban J connectivity index is 1.80. The highest BCUT2D eigenvalue weighted by atomic mass is 31.2. The SMILES string of the molecule is OCC(O)CCCC(CCCC[P+](c1ccccc1)(c1ccccc1)c1ccccc1)C(O)CO. The van der Waals surface area contributed by atoms with Gasteiger partial charge in [-0.3, -0.25) is 0 Å². The highest BCUT2D eigenvalue weighted by molar-refractivity contribution is 7.95. The first-order valence-electron chi connectivity index (χ1n) is 12.7. The fourth-order valence-corrected chi connectivity index (χ4v) is 9.43. The monoisotopic (exact) mass is 495 g/mol. The van der Waals surface area contributed by atoms with E-state index in [1.807, 2.05) is 0 Å². The Morgan fingerprint density at radius 1 is 0.543 bits per heavy atom. The van der Waals surface area contributed by atoms with Gasteiger partial charge in [-0.1, -0.05) is 61.0 Å². The van der Waals surface area contributed by atoms with Crippen LogP contribution in [0.4, 0.5) is 0 Å². The quantitative estimate of drug-likeness (QED) is 0.192. The average Bonchev–Trinajstić information content (AvgIpc) is 2.93. The van der Waals surface area contributed by atoms with Gasteiger partial charge < -0.3 is 20.4 Å². The summed E-state index contributed by atoms with van der Waals surface area (Å²) in [6.45, 7) is -0.486. The van der Waals surface area contributed by atoms with Gasteiger partial charge in [0.1, 0.15) is 23.2 Å². The third-order valence-corrected chi connectivity index (χ3v) is 11.5. The zero-order valence-corrected chi connectivity index (χ0v) is 21.4. The molecule has 4 N–H and O–H groups in total. The molecule has 0 aromatic heterocycles. The van der Waals surface area contributed by atoms with Crippen LogP contribution in [0.25, 0.3) is 0 Å². The van der Waals surface area contributed by atoms with Gasteiger partial charge in [-0.25, -0.2) is 0 Å². The van der Waals surface area contributed by atoms with E-state index in [2.05, 4.69) is 91.0 Å². The van der Waals surface area contributed by atoms with Gasteiger partial charge in [0, 0.05) is 0 Å². The molecule has 3 unspecified atom stereocenters. The van der Waals surface area contributed by atoms with Crippen LogP contribution >= 0.6 is 7.26 Å². The lowest BCUT2D eigenvalue weighted by Gasteiger charge is -2.28. The van der Waals surface area contributed by atoms with Crippen molar-refractivity contribution in [2.75, 3.05) is 19.4 Å². The number of rotatable bonds is 15. The first-order chi connectivity index (χ1) is 17.1. The second-order valence-electron chi connectivity index (χ2n) is 9.31. The molecule has 0 radical (unpaired) electrons. The molecule has 0 amide bonds. The van der Waals surface area contributed by atoms with E-state index in [1.54, 1.807) is 0 Å². The molecule has 0 fully saturated rings. The lowest BCUT2D eigenvalue weighted by atomic mass is 9.90. The molecular weight excluding hydrogens is 455 g/mol. The van der Waals surface area contributed by atoms with Gasteiger partial charge >= 0.3 is 0 Å². The molecule has 3 rings (SSSR count). The molecule has 0 aliphatic carbocycles. The number of hydrogen-bond acceptors (Lipinski definition) is 4. The van der Waals surface area contributed by atoms with E-state index in [0.717, 1.165) is 38.3 Å². The Bertz CT molecular complexity index is 855. The van der Waals surface area contributed by atoms with Gasteiger partial charge in [-0.05, 0) is 74.4 Å².